The van der Waals surface area contributed by atoms with Crippen LogP contribution in [0.3, 0.4) is 0 Å². The summed E-state index contributed by atoms with van der Waals surface area (Å²) < 4.78 is 5.35. The number of hydrogen-bond donors (Lipinski definition) is 3. The standard InChI is InChI=1S/C12H21N5O/c1-8(2)10-11(14-7-15-12(10)17-13)16-9-3-5-18-6-4-9/h7-9H,3-6,13H2,1-2H3,(H2,14,15,16,17). The highest BCUT2D eigenvalue weighted by Gasteiger charge is 2.19. The maximum atomic E-state index is 5.50. The molecule has 1 aromatic heterocycles. The predicted octanol–water partition coefficient (Wildman–Crippen LogP) is 1.48. The third-order valence-electron chi connectivity index (χ3n) is 3.16. The van der Waals surface area contributed by atoms with Gasteiger partial charge in [-0.3, -0.25) is 0 Å². The van der Waals surface area contributed by atoms with Gasteiger partial charge >= 0.3 is 0 Å². The fourth-order valence-corrected chi connectivity index (χ4v) is 2.21. The Morgan fingerprint density at radius 1 is 1.28 bits per heavy atom. The zero-order valence-electron chi connectivity index (χ0n) is 10.9. The van der Waals surface area contributed by atoms with Gasteiger partial charge in [-0.2, -0.15) is 0 Å². The van der Waals surface area contributed by atoms with Crippen molar-refractivity contribution in [2.24, 2.45) is 5.84 Å². The molecule has 2 heterocycles. The average molecular weight is 251 g/mol. The van der Waals surface area contributed by atoms with Crippen molar-refractivity contribution in [3.63, 3.8) is 0 Å². The lowest BCUT2D eigenvalue weighted by atomic mass is 10.0. The largest absolute Gasteiger partial charge is 0.381 e. The Kier molecular flexibility index (Phi) is 4.33. The minimum absolute atomic E-state index is 0.305. The van der Waals surface area contributed by atoms with Gasteiger partial charge in [-0.25, -0.2) is 15.8 Å². The van der Waals surface area contributed by atoms with E-state index < -0.39 is 0 Å². The summed E-state index contributed by atoms with van der Waals surface area (Å²) >= 11 is 0. The van der Waals surface area contributed by atoms with Gasteiger partial charge in [0.25, 0.3) is 0 Å². The smallest absolute Gasteiger partial charge is 0.148 e. The number of nitrogens with zero attached hydrogens (tertiary/aromatic N) is 2. The highest BCUT2D eigenvalue weighted by atomic mass is 16.5. The van der Waals surface area contributed by atoms with E-state index >= 15 is 0 Å². The lowest BCUT2D eigenvalue weighted by Gasteiger charge is -2.25. The van der Waals surface area contributed by atoms with Gasteiger partial charge in [-0.15, -0.1) is 0 Å². The summed E-state index contributed by atoms with van der Waals surface area (Å²) in [6.45, 7) is 5.83. The number of anilines is 2. The lowest BCUT2D eigenvalue weighted by molar-refractivity contribution is 0.0903. The maximum Gasteiger partial charge on any atom is 0.148 e. The van der Waals surface area contributed by atoms with Gasteiger partial charge in [-0.05, 0) is 18.8 Å². The minimum Gasteiger partial charge on any atom is -0.381 e. The number of nitrogens with two attached hydrogens (primary N) is 1. The van der Waals surface area contributed by atoms with E-state index in [1.165, 1.54) is 6.33 Å². The van der Waals surface area contributed by atoms with E-state index in [0.717, 1.165) is 37.4 Å². The molecule has 2 rings (SSSR count). The molecule has 1 aliphatic rings. The van der Waals surface area contributed by atoms with E-state index in [0.29, 0.717) is 17.8 Å². The van der Waals surface area contributed by atoms with Crippen LogP contribution in [0, 0.1) is 0 Å². The number of nitrogens with one attached hydrogen (secondary N) is 2. The Bertz CT molecular complexity index is 390. The summed E-state index contributed by atoms with van der Waals surface area (Å²) in [5.41, 5.74) is 3.67. The van der Waals surface area contributed by atoms with Crippen LogP contribution in [0.2, 0.25) is 0 Å². The number of aromatic nitrogens is 2. The van der Waals surface area contributed by atoms with Gasteiger partial charge in [-0.1, -0.05) is 13.8 Å². The SMILES string of the molecule is CC(C)c1c(NN)ncnc1NC1CCOCC1. The van der Waals surface area contributed by atoms with Gasteiger partial charge < -0.3 is 15.5 Å². The van der Waals surface area contributed by atoms with Crippen molar-refractivity contribution in [2.75, 3.05) is 24.0 Å². The number of nitrogen functional groups attached to an aromatic ring is 1. The molecule has 0 amide bonds. The van der Waals surface area contributed by atoms with Crippen LogP contribution in [0.25, 0.3) is 0 Å². The number of ether oxygens (including phenoxy) is 1. The van der Waals surface area contributed by atoms with Crippen molar-refractivity contribution in [1.82, 2.24) is 9.97 Å². The topological polar surface area (TPSA) is 85.1 Å². The molecule has 0 spiro atoms. The van der Waals surface area contributed by atoms with Crippen molar-refractivity contribution in [3.05, 3.63) is 11.9 Å². The molecule has 0 atom stereocenters. The number of rotatable bonds is 4. The van der Waals surface area contributed by atoms with Gasteiger partial charge in [0.1, 0.15) is 18.0 Å². The Morgan fingerprint density at radius 3 is 2.56 bits per heavy atom. The summed E-state index contributed by atoms with van der Waals surface area (Å²) in [5.74, 6) is 7.37. The molecule has 6 nitrogen and oxygen atoms in total. The van der Waals surface area contributed by atoms with Crippen LogP contribution in [-0.2, 0) is 4.74 Å². The first-order chi connectivity index (χ1) is 8.72. The first-order valence-corrected chi connectivity index (χ1v) is 6.38. The summed E-state index contributed by atoms with van der Waals surface area (Å²) in [6.07, 6.45) is 3.54. The summed E-state index contributed by atoms with van der Waals surface area (Å²) in [6, 6.07) is 0.414. The molecule has 4 N–H and O–H groups in total. The second-order valence-corrected chi connectivity index (χ2v) is 4.81. The van der Waals surface area contributed by atoms with Crippen LogP contribution >= 0.6 is 0 Å². The molecule has 100 valence electrons. The molecule has 6 heteroatoms. The van der Waals surface area contributed by atoms with E-state index in [1.807, 2.05) is 0 Å². The lowest BCUT2D eigenvalue weighted by Crippen LogP contribution is -2.29. The third-order valence-corrected chi connectivity index (χ3v) is 3.16. The normalized spacial score (nSPS) is 16.9. The van der Waals surface area contributed by atoms with E-state index in [1.54, 1.807) is 0 Å². The zero-order chi connectivity index (χ0) is 13.0. The Hall–Kier alpha value is -1.40. The summed E-state index contributed by atoms with van der Waals surface area (Å²) in [4.78, 5) is 8.50. The molecule has 1 aliphatic heterocycles. The maximum absolute atomic E-state index is 5.50. The molecular formula is C12H21N5O. The van der Waals surface area contributed by atoms with Crippen LogP contribution in [0.4, 0.5) is 11.6 Å². The van der Waals surface area contributed by atoms with E-state index in [9.17, 15) is 0 Å². The van der Waals surface area contributed by atoms with Gasteiger partial charge in [0.15, 0.2) is 0 Å². The molecule has 1 fully saturated rings. The van der Waals surface area contributed by atoms with Crippen LogP contribution < -0.4 is 16.6 Å². The van der Waals surface area contributed by atoms with Crippen LogP contribution in [0.5, 0.6) is 0 Å². The Balaban J connectivity index is 2.20. The second kappa shape index (κ2) is 5.97. The van der Waals surface area contributed by atoms with Crippen molar-refractivity contribution in [3.8, 4) is 0 Å². The molecule has 0 radical (unpaired) electrons. The molecular weight excluding hydrogens is 230 g/mol. The minimum atomic E-state index is 0.305. The van der Waals surface area contributed by atoms with Crippen LogP contribution in [-0.4, -0.2) is 29.2 Å². The van der Waals surface area contributed by atoms with Gasteiger partial charge in [0, 0.05) is 24.8 Å². The van der Waals surface area contributed by atoms with Crippen LogP contribution in [0.15, 0.2) is 6.33 Å². The molecule has 18 heavy (non-hydrogen) atoms. The number of hydrogen-bond acceptors (Lipinski definition) is 6. The fraction of sp³-hybridized carbons (Fsp3) is 0.667. The predicted molar refractivity (Wildman–Crippen MR) is 71.4 cm³/mol. The Labute approximate surface area is 107 Å². The summed E-state index contributed by atoms with van der Waals surface area (Å²) in [7, 11) is 0. The van der Waals surface area contributed by atoms with Crippen LogP contribution in [0.1, 0.15) is 38.2 Å². The molecule has 0 aromatic carbocycles. The average Bonchev–Trinajstić information content (AvgIpc) is 2.39. The molecule has 0 saturated carbocycles. The zero-order valence-corrected chi connectivity index (χ0v) is 10.9. The van der Waals surface area contributed by atoms with Crippen molar-refractivity contribution >= 4 is 11.6 Å². The van der Waals surface area contributed by atoms with Crippen molar-refractivity contribution in [1.29, 1.82) is 0 Å². The molecule has 0 aliphatic carbocycles. The Morgan fingerprint density at radius 2 is 1.94 bits per heavy atom. The molecule has 1 aromatic rings. The summed E-state index contributed by atoms with van der Waals surface area (Å²) in [5, 5.41) is 3.48. The second-order valence-electron chi connectivity index (χ2n) is 4.81. The first kappa shape index (κ1) is 13.0. The molecule has 0 bridgehead atoms. The van der Waals surface area contributed by atoms with E-state index in [2.05, 4.69) is 34.6 Å². The van der Waals surface area contributed by atoms with Gasteiger partial charge in [0.2, 0.25) is 0 Å². The highest BCUT2D eigenvalue weighted by Crippen LogP contribution is 2.28. The number of hydrazine groups is 1. The van der Waals surface area contributed by atoms with Gasteiger partial charge in [0.05, 0.1) is 0 Å². The highest BCUT2D eigenvalue weighted by molar-refractivity contribution is 5.58. The van der Waals surface area contributed by atoms with E-state index in [-0.39, 0.29) is 0 Å². The first-order valence-electron chi connectivity index (χ1n) is 6.38. The fourth-order valence-electron chi connectivity index (χ4n) is 2.21. The quantitative estimate of drug-likeness (QED) is 0.555. The third kappa shape index (κ3) is 2.88. The monoisotopic (exact) mass is 251 g/mol. The van der Waals surface area contributed by atoms with E-state index in [4.69, 9.17) is 10.6 Å². The molecule has 0 unspecified atom stereocenters. The molecule has 1 saturated heterocycles. The van der Waals surface area contributed by atoms with Crippen molar-refractivity contribution < 1.29 is 4.74 Å². The van der Waals surface area contributed by atoms with Crippen molar-refractivity contribution in [2.45, 2.75) is 38.6 Å².